The zero-order valence-electron chi connectivity index (χ0n) is 16.8. The molecule has 1 aromatic heterocycles. The highest BCUT2D eigenvalue weighted by atomic mass is 32.1. The van der Waals surface area contributed by atoms with Gasteiger partial charge in [0.25, 0.3) is 5.91 Å². The van der Waals surface area contributed by atoms with Crippen molar-refractivity contribution in [1.82, 2.24) is 10.6 Å². The van der Waals surface area contributed by atoms with E-state index in [0.717, 1.165) is 21.8 Å². The number of nitrogens with one attached hydrogen (secondary N) is 2. The van der Waals surface area contributed by atoms with Crippen molar-refractivity contribution in [3.63, 3.8) is 0 Å². The van der Waals surface area contributed by atoms with Gasteiger partial charge in [-0.2, -0.15) is 0 Å². The van der Waals surface area contributed by atoms with Gasteiger partial charge in [0.2, 0.25) is 5.91 Å². The Morgan fingerprint density at radius 1 is 1.03 bits per heavy atom. The van der Waals surface area contributed by atoms with Crippen LogP contribution in [0.1, 0.15) is 38.6 Å². The topological polar surface area (TPSA) is 67.4 Å². The van der Waals surface area contributed by atoms with Crippen LogP contribution in [-0.4, -0.2) is 18.9 Å². The largest absolute Gasteiger partial charge is 0.497 e. The number of methoxy groups -OCH3 is 1. The maximum atomic E-state index is 13.3. The molecule has 0 spiro atoms. The first kappa shape index (κ1) is 21.5. The smallest absolute Gasteiger partial charge is 0.261 e. The van der Waals surface area contributed by atoms with Crippen molar-refractivity contribution in [2.24, 2.45) is 0 Å². The molecule has 2 amide bonds. The van der Waals surface area contributed by atoms with Crippen LogP contribution in [0.5, 0.6) is 5.75 Å². The number of rotatable bonds is 8. The second-order valence-corrected chi connectivity index (χ2v) is 7.97. The number of hydrogen-bond donors (Lipinski definition) is 2. The number of halogens is 1. The van der Waals surface area contributed by atoms with Gasteiger partial charge in [0.05, 0.1) is 24.6 Å². The molecule has 1 heterocycles. The Morgan fingerprint density at radius 2 is 1.73 bits per heavy atom. The van der Waals surface area contributed by atoms with E-state index in [-0.39, 0.29) is 23.7 Å². The SMILES string of the molecule is COc1ccc(C(Cc2ccc(F)cc2)NC(=O)c2ccc(CNC(C)=O)s2)cc1. The highest BCUT2D eigenvalue weighted by Gasteiger charge is 2.18. The maximum absolute atomic E-state index is 13.3. The number of carbonyl (C=O) groups is 2. The molecule has 2 aromatic carbocycles. The first-order valence-corrected chi connectivity index (χ1v) is 10.3. The summed E-state index contributed by atoms with van der Waals surface area (Å²) in [5.74, 6) is 0.117. The summed E-state index contributed by atoms with van der Waals surface area (Å²) < 4.78 is 18.5. The van der Waals surface area contributed by atoms with E-state index >= 15 is 0 Å². The number of amides is 2. The summed E-state index contributed by atoms with van der Waals surface area (Å²) in [7, 11) is 1.60. The normalized spacial score (nSPS) is 11.6. The van der Waals surface area contributed by atoms with Crippen molar-refractivity contribution in [2.45, 2.75) is 25.9 Å². The number of thiophene rings is 1. The fraction of sp³-hybridized carbons (Fsp3) is 0.217. The highest BCUT2D eigenvalue weighted by molar-refractivity contribution is 7.14. The third-order valence-electron chi connectivity index (χ3n) is 4.57. The summed E-state index contributed by atoms with van der Waals surface area (Å²) in [4.78, 5) is 25.4. The van der Waals surface area contributed by atoms with E-state index in [9.17, 15) is 14.0 Å². The van der Waals surface area contributed by atoms with Crippen LogP contribution in [0.4, 0.5) is 4.39 Å². The van der Waals surface area contributed by atoms with Gasteiger partial charge in [-0.1, -0.05) is 24.3 Å². The van der Waals surface area contributed by atoms with E-state index < -0.39 is 0 Å². The van der Waals surface area contributed by atoms with E-state index in [1.165, 1.54) is 30.4 Å². The van der Waals surface area contributed by atoms with Gasteiger partial charge in [-0.05, 0) is 53.9 Å². The first-order valence-electron chi connectivity index (χ1n) is 9.47. The molecule has 156 valence electrons. The van der Waals surface area contributed by atoms with Crippen molar-refractivity contribution in [1.29, 1.82) is 0 Å². The fourth-order valence-electron chi connectivity index (χ4n) is 2.98. The zero-order valence-corrected chi connectivity index (χ0v) is 17.6. The second-order valence-electron chi connectivity index (χ2n) is 6.81. The minimum atomic E-state index is -0.297. The van der Waals surface area contributed by atoms with E-state index in [1.54, 1.807) is 25.3 Å². The molecule has 0 aliphatic carbocycles. The Bertz CT molecular complexity index is 1000. The summed E-state index contributed by atoms with van der Waals surface area (Å²) in [6.07, 6.45) is 0.516. The standard InChI is InChI=1S/C23H23FN2O3S/c1-15(27)25-14-20-11-12-22(30-20)23(28)26-21(13-16-3-7-18(24)8-4-16)17-5-9-19(29-2)10-6-17/h3-12,21H,13-14H2,1-2H3,(H,25,27)(H,26,28). The number of carbonyl (C=O) groups excluding carboxylic acids is 2. The molecule has 0 bridgehead atoms. The lowest BCUT2D eigenvalue weighted by Crippen LogP contribution is -2.29. The molecule has 30 heavy (non-hydrogen) atoms. The minimum Gasteiger partial charge on any atom is -0.497 e. The quantitative estimate of drug-likeness (QED) is 0.566. The number of ether oxygens (including phenoxy) is 1. The molecule has 7 heteroatoms. The van der Waals surface area contributed by atoms with Crippen LogP contribution in [-0.2, 0) is 17.8 Å². The molecule has 1 unspecified atom stereocenters. The summed E-state index contributed by atoms with van der Waals surface area (Å²) >= 11 is 1.34. The molecule has 1 atom stereocenters. The lowest BCUT2D eigenvalue weighted by atomic mass is 9.98. The van der Waals surface area contributed by atoms with Crippen molar-refractivity contribution < 1.29 is 18.7 Å². The van der Waals surface area contributed by atoms with Crippen LogP contribution < -0.4 is 15.4 Å². The van der Waals surface area contributed by atoms with Crippen LogP contribution in [0.25, 0.3) is 0 Å². The summed E-state index contributed by atoms with van der Waals surface area (Å²) in [5, 5.41) is 5.80. The van der Waals surface area contributed by atoms with E-state index in [2.05, 4.69) is 10.6 Å². The second kappa shape index (κ2) is 10.0. The molecule has 5 nitrogen and oxygen atoms in total. The monoisotopic (exact) mass is 426 g/mol. The molecule has 0 saturated heterocycles. The minimum absolute atomic E-state index is 0.117. The molecule has 0 fully saturated rings. The van der Waals surface area contributed by atoms with Gasteiger partial charge in [-0.15, -0.1) is 11.3 Å². The van der Waals surface area contributed by atoms with Gasteiger partial charge in [0, 0.05) is 11.8 Å². The van der Waals surface area contributed by atoms with Crippen LogP contribution in [0.15, 0.2) is 60.7 Å². The predicted octanol–water partition coefficient (Wildman–Crippen LogP) is 4.25. The number of benzene rings is 2. The molecule has 0 saturated carbocycles. The van der Waals surface area contributed by atoms with Gasteiger partial charge >= 0.3 is 0 Å². The van der Waals surface area contributed by atoms with E-state index in [0.29, 0.717) is 17.8 Å². The van der Waals surface area contributed by atoms with Crippen molar-refractivity contribution in [3.05, 3.63) is 87.4 Å². The van der Waals surface area contributed by atoms with Crippen LogP contribution in [0.3, 0.4) is 0 Å². The lowest BCUT2D eigenvalue weighted by Gasteiger charge is -2.19. The van der Waals surface area contributed by atoms with Gasteiger partial charge in [0.1, 0.15) is 11.6 Å². The molecule has 3 aromatic rings. The maximum Gasteiger partial charge on any atom is 0.261 e. The summed E-state index contributed by atoms with van der Waals surface area (Å²) in [6, 6.07) is 17.0. The predicted molar refractivity (Wildman–Crippen MR) is 115 cm³/mol. The Morgan fingerprint density at radius 3 is 2.37 bits per heavy atom. The molecule has 0 radical (unpaired) electrons. The number of hydrogen-bond acceptors (Lipinski definition) is 4. The Balaban J connectivity index is 1.77. The van der Waals surface area contributed by atoms with Crippen LogP contribution in [0, 0.1) is 5.82 Å². The summed E-state index contributed by atoms with van der Waals surface area (Å²) in [5.41, 5.74) is 1.83. The third-order valence-corrected chi connectivity index (χ3v) is 5.66. The van der Waals surface area contributed by atoms with E-state index in [4.69, 9.17) is 4.74 Å². The Kier molecular flexibility index (Phi) is 7.19. The Hall–Kier alpha value is -3.19. The Labute approximate surface area is 178 Å². The van der Waals surface area contributed by atoms with Crippen molar-refractivity contribution in [3.8, 4) is 5.75 Å². The molecular formula is C23H23FN2O3S. The summed E-state index contributed by atoms with van der Waals surface area (Å²) in [6.45, 7) is 1.85. The third kappa shape index (κ3) is 5.90. The first-order chi connectivity index (χ1) is 14.4. The average Bonchev–Trinajstić information content (AvgIpc) is 3.23. The lowest BCUT2D eigenvalue weighted by molar-refractivity contribution is -0.119. The average molecular weight is 427 g/mol. The van der Waals surface area contributed by atoms with Gasteiger partial charge in [-0.25, -0.2) is 4.39 Å². The van der Waals surface area contributed by atoms with Gasteiger partial charge in [0.15, 0.2) is 0 Å². The molecule has 0 aliphatic heterocycles. The van der Waals surface area contributed by atoms with Crippen LogP contribution >= 0.6 is 11.3 Å². The zero-order chi connectivity index (χ0) is 21.5. The van der Waals surface area contributed by atoms with Crippen molar-refractivity contribution >= 4 is 23.2 Å². The molecule has 0 aliphatic rings. The van der Waals surface area contributed by atoms with Gasteiger partial charge in [-0.3, -0.25) is 9.59 Å². The molecular weight excluding hydrogens is 403 g/mol. The highest BCUT2D eigenvalue weighted by Crippen LogP contribution is 2.24. The van der Waals surface area contributed by atoms with Crippen LogP contribution in [0.2, 0.25) is 0 Å². The van der Waals surface area contributed by atoms with Crippen molar-refractivity contribution in [2.75, 3.05) is 7.11 Å². The molecule has 2 N–H and O–H groups in total. The van der Waals surface area contributed by atoms with Gasteiger partial charge < -0.3 is 15.4 Å². The van der Waals surface area contributed by atoms with E-state index in [1.807, 2.05) is 30.3 Å². The fourth-order valence-corrected chi connectivity index (χ4v) is 3.83. The molecule has 3 rings (SSSR count).